The van der Waals surface area contributed by atoms with E-state index in [-0.39, 0.29) is 12.5 Å². The Kier molecular flexibility index (Phi) is 6.20. The Morgan fingerprint density at radius 3 is 2.52 bits per heavy atom. The van der Waals surface area contributed by atoms with Crippen molar-refractivity contribution in [2.45, 2.75) is 33.2 Å². The summed E-state index contributed by atoms with van der Waals surface area (Å²) in [4.78, 5) is 11.9. The first-order chi connectivity index (χ1) is 13.1. The molecule has 0 bridgehead atoms. The van der Waals surface area contributed by atoms with Crippen molar-refractivity contribution in [3.8, 4) is 17.2 Å². The van der Waals surface area contributed by atoms with Gasteiger partial charge in [-0.15, -0.1) is 10.2 Å². The molecule has 27 heavy (non-hydrogen) atoms. The zero-order valence-corrected chi connectivity index (χ0v) is 15.6. The minimum Gasteiger partial charge on any atom is -0.484 e. The van der Waals surface area contributed by atoms with E-state index in [0.717, 1.165) is 24.0 Å². The van der Waals surface area contributed by atoms with Crippen molar-refractivity contribution in [1.29, 1.82) is 0 Å². The summed E-state index contributed by atoms with van der Waals surface area (Å²) in [6.45, 7) is 4.54. The number of aryl methyl sites for hydroxylation is 2. The summed E-state index contributed by atoms with van der Waals surface area (Å²) in [5.41, 5.74) is 3.07. The highest BCUT2D eigenvalue weighted by Gasteiger charge is 2.08. The molecule has 140 valence electrons. The molecule has 3 aromatic rings. The van der Waals surface area contributed by atoms with Gasteiger partial charge in [0.25, 0.3) is 5.91 Å². The second-order valence-corrected chi connectivity index (χ2v) is 6.33. The van der Waals surface area contributed by atoms with Gasteiger partial charge in [-0.1, -0.05) is 36.8 Å². The van der Waals surface area contributed by atoms with Crippen LogP contribution < -0.4 is 10.1 Å². The normalized spacial score (nSPS) is 10.6. The Morgan fingerprint density at radius 2 is 1.81 bits per heavy atom. The van der Waals surface area contributed by atoms with Gasteiger partial charge in [0.15, 0.2) is 6.61 Å². The minimum absolute atomic E-state index is 0.0353. The summed E-state index contributed by atoms with van der Waals surface area (Å²) in [5, 5.41) is 10.9. The predicted molar refractivity (Wildman–Crippen MR) is 102 cm³/mol. The quantitative estimate of drug-likeness (QED) is 0.659. The van der Waals surface area contributed by atoms with Crippen molar-refractivity contribution in [1.82, 2.24) is 15.5 Å². The number of amides is 1. The van der Waals surface area contributed by atoms with Crippen LogP contribution in [0.4, 0.5) is 0 Å². The Morgan fingerprint density at radius 1 is 1.07 bits per heavy atom. The van der Waals surface area contributed by atoms with Gasteiger partial charge >= 0.3 is 0 Å². The number of nitrogens with one attached hydrogen (secondary N) is 1. The maximum atomic E-state index is 11.9. The fourth-order valence-corrected chi connectivity index (χ4v) is 2.49. The average molecular weight is 365 g/mol. The average Bonchev–Trinajstić information content (AvgIpc) is 3.15. The molecule has 0 unspecified atom stereocenters. The number of carbonyl (C=O) groups excluding carboxylic acids is 1. The van der Waals surface area contributed by atoms with E-state index in [1.165, 1.54) is 5.56 Å². The van der Waals surface area contributed by atoms with E-state index in [1.54, 1.807) is 12.1 Å². The van der Waals surface area contributed by atoms with Crippen LogP contribution in [0, 0.1) is 6.92 Å². The molecule has 0 radical (unpaired) electrons. The van der Waals surface area contributed by atoms with Gasteiger partial charge in [-0.25, -0.2) is 0 Å². The molecule has 0 aliphatic carbocycles. The predicted octanol–water partition coefficient (Wildman–Crippen LogP) is 3.69. The van der Waals surface area contributed by atoms with Gasteiger partial charge in [-0.3, -0.25) is 4.79 Å². The molecule has 0 saturated carbocycles. The van der Waals surface area contributed by atoms with Gasteiger partial charge in [-0.2, -0.15) is 0 Å². The number of carbonyl (C=O) groups is 1. The lowest BCUT2D eigenvalue weighted by atomic mass is 10.1. The van der Waals surface area contributed by atoms with E-state index >= 15 is 0 Å². The Labute approximate surface area is 158 Å². The zero-order valence-electron chi connectivity index (χ0n) is 15.6. The molecule has 0 atom stereocenters. The molecule has 6 nitrogen and oxygen atoms in total. The highest BCUT2D eigenvalue weighted by molar-refractivity contribution is 5.77. The molecule has 0 aliphatic rings. The van der Waals surface area contributed by atoms with Gasteiger partial charge in [0.1, 0.15) is 5.75 Å². The van der Waals surface area contributed by atoms with Crippen LogP contribution in [-0.4, -0.2) is 22.7 Å². The number of nitrogens with zero attached hydrogens (tertiary/aromatic N) is 2. The molecule has 2 aromatic carbocycles. The number of hydrogen-bond acceptors (Lipinski definition) is 5. The fraction of sp³-hybridized carbons (Fsp3) is 0.286. The topological polar surface area (TPSA) is 77.2 Å². The number of ether oxygens (including phenoxy) is 1. The molecular weight excluding hydrogens is 342 g/mol. The smallest absolute Gasteiger partial charge is 0.258 e. The van der Waals surface area contributed by atoms with Crippen LogP contribution >= 0.6 is 0 Å². The molecule has 3 rings (SSSR count). The second kappa shape index (κ2) is 8.98. The standard InChI is InChI=1S/C21H23N3O3/c1-3-4-20-23-24-21(27-20)17-9-11-18(12-10-17)26-14-19(25)22-13-16-7-5-15(2)6-8-16/h5-12H,3-4,13-14H2,1-2H3,(H,22,25). The van der Waals surface area contributed by atoms with Crippen molar-refractivity contribution in [2.24, 2.45) is 0 Å². The van der Waals surface area contributed by atoms with Gasteiger partial charge in [0.05, 0.1) is 0 Å². The second-order valence-electron chi connectivity index (χ2n) is 6.33. The lowest BCUT2D eigenvalue weighted by Gasteiger charge is -2.08. The molecule has 1 heterocycles. The molecule has 0 fully saturated rings. The molecule has 1 N–H and O–H groups in total. The third-order valence-electron chi connectivity index (χ3n) is 4.01. The monoisotopic (exact) mass is 365 g/mol. The maximum Gasteiger partial charge on any atom is 0.258 e. The van der Waals surface area contributed by atoms with Crippen LogP contribution in [0.3, 0.4) is 0 Å². The van der Waals surface area contributed by atoms with E-state index in [0.29, 0.717) is 24.1 Å². The van der Waals surface area contributed by atoms with Crippen LogP contribution in [-0.2, 0) is 17.8 Å². The first-order valence-electron chi connectivity index (χ1n) is 9.02. The van der Waals surface area contributed by atoms with E-state index in [2.05, 4.69) is 22.4 Å². The van der Waals surface area contributed by atoms with Crippen molar-refractivity contribution in [3.63, 3.8) is 0 Å². The van der Waals surface area contributed by atoms with Crippen LogP contribution in [0.2, 0.25) is 0 Å². The minimum atomic E-state index is -0.166. The SMILES string of the molecule is CCCc1nnc(-c2ccc(OCC(=O)NCc3ccc(C)cc3)cc2)o1. The summed E-state index contributed by atoms with van der Waals surface area (Å²) in [6, 6.07) is 15.3. The highest BCUT2D eigenvalue weighted by Crippen LogP contribution is 2.21. The van der Waals surface area contributed by atoms with Gasteiger partial charge in [-0.05, 0) is 43.2 Å². The number of aromatic nitrogens is 2. The molecule has 0 saturated heterocycles. The van der Waals surface area contributed by atoms with Crippen LogP contribution in [0.1, 0.15) is 30.4 Å². The number of rotatable bonds is 8. The third kappa shape index (κ3) is 5.41. The summed E-state index contributed by atoms with van der Waals surface area (Å²) in [7, 11) is 0. The largest absolute Gasteiger partial charge is 0.484 e. The summed E-state index contributed by atoms with van der Waals surface area (Å²) in [5.74, 6) is 1.57. The Bertz CT molecular complexity index is 870. The summed E-state index contributed by atoms with van der Waals surface area (Å²) in [6.07, 6.45) is 1.73. The molecule has 0 aliphatic heterocycles. The zero-order chi connectivity index (χ0) is 19.1. The van der Waals surface area contributed by atoms with Crippen LogP contribution in [0.5, 0.6) is 5.75 Å². The van der Waals surface area contributed by atoms with Crippen molar-refractivity contribution >= 4 is 5.91 Å². The van der Waals surface area contributed by atoms with Crippen molar-refractivity contribution in [2.75, 3.05) is 6.61 Å². The molecule has 1 aromatic heterocycles. The summed E-state index contributed by atoms with van der Waals surface area (Å²) >= 11 is 0. The number of benzene rings is 2. The third-order valence-corrected chi connectivity index (χ3v) is 4.01. The van der Waals surface area contributed by atoms with Crippen LogP contribution in [0.15, 0.2) is 52.9 Å². The Balaban J connectivity index is 1.47. The molecule has 6 heteroatoms. The number of hydrogen-bond donors (Lipinski definition) is 1. The molecule has 0 spiro atoms. The summed E-state index contributed by atoms with van der Waals surface area (Å²) < 4.78 is 11.1. The fourth-order valence-electron chi connectivity index (χ4n) is 2.49. The highest BCUT2D eigenvalue weighted by atomic mass is 16.5. The van der Waals surface area contributed by atoms with Gasteiger partial charge in [0.2, 0.25) is 11.8 Å². The van der Waals surface area contributed by atoms with E-state index < -0.39 is 0 Å². The van der Waals surface area contributed by atoms with E-state index in [1.807, 2.05) is 43.3 Å². The van der Waals surface area contributed by atoms with Crippen molar-refractivity contribution < 1.29 is 13.9 Å². The van der Waals surface area contributed by atoms with Gasteiger partial charge < -0.3 is 14.5 Å². The lowest BCUT2D eigenvalue weighted by molar-refractivity contribution is -0.123. The lowest BCUT2D eigenvalue weighted by Crippen LogP contribution is -2.28. The van der Waals surface area contributed by atoms with Crippen molar-refractivity contribution in [3.05, 3.63) is 65.5 Å². The molecular formula is C21H23N3O3. The first-order valence-corrected chi connectivity index (χ1v) is 9.02. The van der Waals surface area contributed by atoms with E-state index in [9.17, 15) is 4.79 Å². The first kappa shape index (κ1) is 18.6. The molecule has 1 amide bonds. The van der Waals surface area contributed by atoms with Gasteiger partial charge in [0, 0.05) is 18.5 Å². The Hall–Kier alpha value is -3.15. The van der Waals surface area contributed by atoms with Crippen LogP contribution in [0.25, 0.3) is 11.5 Å². The maximum absolute atomic E-state index is 11.9. The van der Waals surface area contributed by atoms with E-state index in [4.69, 9.17) is 9.15 Å².